The van der Waals surface area contributed by atoms with Crippen molar-refractivity contribution in [1.29, 1.82) is 0 Å². The maximum absolute atomic E-state index is 2.52. The Morgan fingerprint density at radius 1 is 1.00 bits per heavy atom. The van der Waals surface area contributed by atoms with Crippen LogP contribution in [-0.4, -0.2) is 26.5 Å². The molecule has 3 rings (SSSR count). The van der Waals surface area contributed by atoms with Crippen molar-refractivity contribution < 1.29 is 0 Å². The quantitative estimate of drug-likeness (QED) is 0.765. The van der Waals surface area contributed by atoms with Crippen molar-refractivity contribution in [2.75, 3.05) is 11.5 Å². The molecule has 1 aliphatic heterocycles. The molecule has 0 amide bonds. The Hall–Kier alpha value is -0.951. The normalized spacial score (nSPS) is 20.4. The number of hydrogen-bond donors (Lipinski definition) is 0. The van der Waals surface area contributed by atoms with Gasteiger partial charge in [-0.15, -0.1) is 0 Å². The van der Waals surface area contributed by atoms with Crippen molar-refractivity contribution in [2.24, 2.45) is 5.92 Å². The van der Waals surface area contributed by atoms with Crippen molar-refractivity contribution >= 4 is 31.2 Å². The average Bonchev–Trinajstić information content (AvgIpc) is 2.94. The zero-order chi connectivity index (χ0) is 13.6. The molecule has 1 heterocycles. The van der Waals surface area contributed by atoms with E-state index in [9.17, 15) is 0 Å². The van der Waals surface area contributed by atoms with Crippen molar-refractivity contribution in [3.63, 3.8) is 0 Å². The molecule has 2 aromatic carbocycles. The second-order valence-electron chi connectivity index (χ2n) is 5.03. The molecule has 1 atom stereocenters. The summed E-state index contributed by atoms with van der Waals surface area (Å²) < 4.78 is 1.47. The van der Waals surface area contributed by atoms with Crippen LogP contribution in [0.5, 0.6) is 0 Å². The van der Waals surface area contributed by atoms with Crippen LogP contribution in [0.1, 0.15) is 5.56 Å². The Morgan fingerprint density at radius 2 is 1.70 bits per heavy atom. The zero-order valence-corrected chi connectivity index (χ0v) is 13.9. The van der Waals surface area contributed by atoms with Gasteiger partial charge in [0.1, 0.15) is 0 Å². The maximum atomic E-state index is 2.52. The fraction of sp³-hybridized carbons (Fsp3) is 0.222. The number of benzene rings is 2. The minimum absolute atomic E-state index is 0.483. The first-order chi connectivity index (χ1) is 9.92. The summed E-state index contributed by atoms with van der Waals surface area (Å²) in [6, 6.07) is 21.8. The van der Waals surface area contributed by atoms with Gasteiger partial charge in [-0.2, -0.15) is 0 Å². The van der Waals surface area contributed by atoms with E-state index in [-0.39, 0.29) is 0 Å². The van der Waals surface area contributed by atoms with Gasteiger partial charge in [0.05, 0.1) is 0 Å². The summed E-state index contributed by atoms with van der Waals surface area (Å²) in [6.07, 6.45) is 1.20. The van der Waals surface area contributed by atoms with E-state index >= 15 is 0 Å². The van der Waals surface area contributed by atoms with E-state index in [1.54, 1.807) is 5.57 Å². The first-order valence-electron chi connectivity index (χ1n) is 6.94. The molecular weight excluding hydrogens is 327 g/mol. The van der Waals surface area contributed by atoms with Gasteiger partial charge in [-0.3, -0.25) is 0 Å². The minimum atomic E-state index is 0.483. The van der Waals surface area contributed by atoms with Gasteiger partial charge in [-0.05, 0) is 0 Å². The van der Waals surface area contributed by atoms with E-state index in [1.165, 1.54) is 28.0 Å². The Balaban J connectivity index is 1.66. The predicted molar refractivity (Wildman–Crippen MR) is 90.9 cm³/mol. The molecule has 2 heteroatoms. The molecule has 0 aromatic heterocycles. The Bertz CT molecular complexity index is 562. The zero-order valence-electron chi connectivity index (χ0n) is 11.4. The fourth-order valence-electron chi connectivity index (χ4n) is 2.41. The fourth-order valence-corrected chi connectivity index (χ4v) is 5.77. The summed E-state index contributed by atoms with van der Waals surface area (Å²) in [4.78, 5) is 2.52. The molecule has 1 aliphatic rings. The van der Waals surface area contributed by atoms with Crippen LogP contribution in [0.25, 0.3) is 0 Å². The van der Waals surface area contributed by atoms with Gasteiger partial charge in [-0.1, -0.05) is 0 Å². The molecule has 1 saturated heterocycles. The number of thioether (sulfide) groups is 1. The summed E-state index contributed by atoms with van der Waals surface area (Å²) >= 11 is 2.57. The predicted octanol–water partition coefficient (Wildman–Crippen LogP) is 3.51. The van der Waals surface area contributed by atoms with Crippen LogP contribution in [0.15, 0.2) is 71.2 Å². The van der Waals surface area contributed by atoms with Gasteiger partial charge >= 0.3 is 132 Å². The second kappa shape index (κ2) is 7.17. The summed E-state index contributed by atoms with van der Waals surface area (Å²) in [6.45, 7) is 0. The summed E-state index contributed by atoms with van der Waals surface area (Å²) in [5.74, 6) is 3.26. The Kier molecular flexibility index (Phi) is 5.02. The van der Waals surface area contributed by atoms with E-state index < -0.39 is 0 Å². The molecule has 0 bridgehead atoms. The SMILES string of the molecule is C(/[Se]c1ccccc1)=C1\CSCC1Cc1ccccc1. The molecular formula is C18H18SSe. The monoisotopic (exact) mass is 346 g/mol. The molecule has 1 unspecified atom stereocenters. The van der Waals surface area contributed by atoms with Gasteiger partial charge in [0.25, 0.3) is 0 Å². The van der Waals surface area contributed by atoms with Crippen molar-refractivity contribution in [2.45, 2.75) is 6.42 Å². The van der Waals surface area contributed by atoms with Gasteiger partial charge in [-0.25, -0.2) is 0 Å². The van der Waals surface area contributed by atoms with Crippen LogP contribution >= 0.6 is 11.8 Å². The summed E-state index contributed by atoms with van der Waals surface area (Å²) in [5, 5.41) is 0. The number of hydrogen-bond acceptors (Lipinski definition) is 1. The standard InChI is InChI=1S/C18H18SSe/c1-3-7-15(8-4-1)11-16-12-19-13-17(16)14-20-18-9-5-2-6-10-18/h1-10,14,16H,11-13H2/b17-14-. The van der Waals surface area contributed by atoms with Crippen LogP contribution in [0.4, 0.5) is 0 Å². The van der Waals surface area contributed by atoms with Crippen molar-refractivity contribution in [3.05, 3.63) is 76.8 Å². The third-order valence-corrected chi connectivity index (χ3v) is 6.73. The third-order valence-electron chi connectivity index (χ3n) is 3.53. The molecule has 1 fully saturated rings. The molecule has 2 aromatic rings. The molecule has 0 radical (unpaired) electrons. The molecule has 0 N–H and O–H groups in total. The Morgan fingerprint density at radius 3 is 2.45 bits per heavy atom. The molecule has 20 heavy (non-hydrogen) atoms. The van der Waals surface area contributed by atoms with Gasteiger partial charge < -0.3 is 0 Å². The number of rotatable bonds is 4. The second-order valence-corrected chi connectivity index (χ2v) is 8.03. The van der Waals surface area contributed by atoms with E-state index in [1.807, 2.05) is 0 Å². The molecule has 0 saturated carbocycles. The Labute approximate surface area is 131 Å². The molecule has 102 valence electrons. The van der Waals surface area contributed by atoms with E-state index in [4.69, 9.17) is 0 Å². The molecule has 0 aliphatic carbocycles. The van der Waals surface area contributed by atoms with Crippen molar-refractivity contribution in [1.82, 2.24) is 0 Å². The molecule has 0 nitrogen and oxygen atoms in total. The van der Waals surface area contributed by atoms with Crippen LogP contribution in [0.3, 0.4) is 0 Å². The van der Waals surface area contributed by atoms with Crippen molar-refractivity contribution in [3.8, 4) is 0 Å². The first kappa shape index (κ1) is 14.0. The van der Waals surface area contributed by atoms with Crippen LogP contribution in [-0.2, 0) is 6.42 Å². The van der Waals surface area contributed by atoms with E-state index in [2.05, 4.69) is 77.4 Å². The van der Waals surface area contributed by atoms with Crippen LogP contribution in [0.2, 0.25) is 0 Å². The van der Waals surface area contributed by atoms with E-state index in [0.29, 0.717) is 15.0 Å². The van der Waals surface area contributed by atoms with E-state index in [0.717, 1.165) is 5.92 Å². The van der Waals surface area contributed by atoms with Crippen LogP contribution < -0.4 is 4.46 Å². The van der Waals surface area contributed by atoms with Gasteiger partial charge in [0.2, 0.25) is 0 Å². The summed E-state index contributed by atoms with van der Waals surface area (Å²) in [7, 11) is 0. The summed E-state index contributed by atoms with van der Waals surface area (Å²) in [5.41, 5.74) is 3.14. The van der Waals surface area contributed by atoms with Crippen LogP contribution in [0, 0.1) is 5.92 Å². The molecule has 0 spiro atoms. The topological polar surface area (TPSA) is 0 Å². The van der Waals surface area contributed by atoms with Gasteiger partial charge in [0.15, 0.2) is 0 Å². The average molecular weight is 345 g/mol. The third kappa shape index (κ3) is 3.79. The van der Waals surface area contributed by atoms with Gasteiger partial charge in [0, 0.05) is 0 Å². The first-order valence-corrected chi connectivity index (χ1v) is 9.94.